The van der Waals surface area contributed by atoms with Gasteiger partial charge >= 0.3 is 0 Å². The predicted molar refractivity (Wildman–Crippen MR) is 123 cm³/mol. The monoisotopic (exact) mass is 464 g/mol. The number of ether oxygens (including phenoxy) is 2. The summed E-state index contributed by atoms with van der Waals surface area (Å²) in [6.07, 6.45) is 2.97. The Bertz CT molecular complexity index is 1010. The Balaban J connectivity index is 1.76. The van der Waals surface area contributed by atoms with E-state index in [1.807, 2.05) is 18.7 Å². The molecule has 0 saturated carbocycles. The summed E-state index contributed by atoms with van der Waals surface area (Å²) < 4.78 is 12.2. The van der Waals surface area contributed by atoms with E-state index < -0.39 is 6.29 Å². The molecule has 3 rings (SSSR count). The summed E-state index contributed by atoms with van der Waals surface area (Å²) in [5.74, 6) is 0.0815. The number of amides is 2. The number of aryl methyl sites for hydroxylation is 1. The number of carbonyl (C=O) groups excluding carboxylic acids is 2. The Kier molecular flexibility index (Phi) is 8.38. The van der Waals surface area contributed by atoms with E-state index in [4.69, 9.17) is 9.47 Å². The molecule has 1 N–H and O–H groups in total. The lowest BCUT2D eigenvalue weighted by atomic mass is 10.0. The molecular formula is C22H32N4O5S. The summed E-state index contributed by atoms with van der Waals surface area (Å²) in [6, 6.07) is 0. The molecule has 0 aliphatic carbocycles. The molecule has 1 aliphatic rings. The summed E-state index contributed by atoms with van der Waals surface area (Å²) in [6.45, 7) is 10.1. The van der Waals surface area contributed by atoms with Gasteiger partial charge in [0.1, 0.15) is 11.4 Å². The Morgan fingerprint density at radius 1 is 1.31 bits per heavy atom. The van der Waals surface area contributed by atoms with Crippen LogP contribution in [0.1, 0.15) is 48.8 Å². The van der Waals surface area contributed by atoms with Gasteiger partial charge in [-0.3, -0.25) is 19.0 Å². The van der Waals surface area contributed by atoms with Crippen LogP contribution in [0.4, 0.5) is 0 Å². The maximum atomic E-state index is 13.1. The van der Waals surface area contributed by atoms with Crippen molar-refractivity contribution in [2.45, 2.75) is 53.4 Å². The minimum Gasteiger partial charge on any atom is -0.351 e. The maximum absolute atomic E-state index is 13.1. The second-order valence-corrected chi connectivity index (χ2v) is 9.05. The average Bonchev–Trinajstić information content (AvgIpc) is 3.11. The molecule has 1 aliphatic heterocycles. The van der Waals surface area contributed by atoms with Gasteiger partial charge in [0.15, 0.2) is 6.29 Å². The van der Waals surface area contributed by atoms with Crippen molar-refractivity contribution in [3.63, 3.8) is 0 Å². The molecule has 2 amide bonds. The number of piperidine rings is 1. The fourth-order valence-corrected chi connectivity index (χ4v) is 5.00. The van der Waals surface area contributed by atoms with Crippen LogP contribution in [0.25, 0.3) is 10.2 Å². The molecule has 10 heteroatoms. The molecule has 3 heterocycles. The second kappa shape index (κ2) is 11.0. The summed E-state index contributed by atoms with van der Waals surface area (Å²) >= 11 is 1.17. The van der Waals surface area contributed by atoms with Crippen LogP contribution in [0.15, 0.2) is 11.1 Å². The van der Waals surface area contributed by atoms with E-state index in [1.54, 1.807) is 6.92 Å². The number of thiophene rings is 1. The number of carbonyl (C=O) groups is 2. The van der Waals surface area contributed by atoms with Crippen molar-refractivity contribution in [1.82, 2.24) is 19.8 Å². The molecule has 176 valence electrons. The minimum atomic E-state index is -0.525. The summed E-state index contributed by atoms with van der Waals surface area (Å²) in [4.78, 5) is 45.6. The van der Waals surface area contributed by atoms with Crippen LogP contribution >= 0.6 is 11.3 Å². The predicted octanol–water partition coefficient (Wildman–Crippen LogP) is 2.15. The van der Waals surface area contributed by atoms with Crippen LogP contribution in [0.5, 0.6) is 0 Å². The first-order chi connectivity index (χ1) is 15.3. The van der Waals surface area contributed by atoms with Gasteiger partial charge in [-0.1, -0.05) is 6.92 Å². The van der Waals surface area contributed by atoms with Crippen molar-refractivity contribution in [3.8, 4) is 0 Å². The normalized spacial score (nSPS) is 16.7. The lowest BCUT2D eigenvalue weighted by Gasteiger charge is -2.31. The van der Waals surface area contributed by atoms with Gasteiger partial charge in [-0.15, -0.1) is 11.3 Å². The zero-order chi connectivity index (χ0) is 23.3. The molecule has 2 aromatic rings. The molecular weight excluding hydrogens is 432 g/mol. The first-order valence-corrected chi connectivity index (χ1v) is 11.9. The Hall–Kier alpha value is -2.30. The number of aromatic nitrogens is 2. The molecule has 0 radical (unpaired) electrons. The van der Waals surface area contributed by atoms with Crippen LogP contribution in [-0.4, -0.2) is 65.4 Å². The lowest BCUT2D eigenvalue weighted by Crippen LogP contribution is -2.42. The maximum Gasteiger partial charge on any atom is 0.262 e. The highest BCUT2D eigenvalue weighted by atomic mass is 32.1. The highest BCUT2D eigenvalue weighted by Crippen LogP contribution is 2.26. The summed E-state index contributed by atoms with van der Waals surface area (Å²) in [5, 5.41) is 3.19. The van der Waals surface area contributed by atoms with E-state index in [1.165, 1.54) is 22.2 Å². The molecule has 0 bridgehead atoms. The largest absolute Gasteiger partial charge is 0.351 e. The molecule has 0 spiro atoms. The third-order valence-corrected chi connectivity index (χ3v) is 6.77. The number of nitrogens with zero attached hydrogens (tertiary/aromatic N) is 3. The summed E-state index contributed by atoms with van der Waals surface area (Å²) in [5.41, 5.74) is 0.264. The van der Waals surface area contributed by atoms with Crippen molar-refractivity contribution < 1.29 is 19.1 Å². The molecule has 1 atom stereocenters. The SMILES string of the molecule is CCOC(CNC(=O)c1sc2ncn(CC(=O)N3CCCC(C)C3)c(=O)c2c1C)OCC. The lowest BCUT2D eigenvalue weighted by molar-refractivity contribution is -0.133. The average molecular weight is 465 g/mol. The van der Waals surface area contributed by atoms with Gasteiger partial charge in [0.2, 0.25) is 5.91 Å². The molecule has 0 aromatic carbocycles. The molecule has 2 aromatic heterocycles. The number of fused-ring (bicyclic) bond motifs is 1. The van der Waals surface area contributed by atoms with Crippen LogP contribution in [0, 0.1) is 12.8 Å². The fraction of sp³-hybridized carbons (Fsp3) is 0.636. The topological polar surface area (TPSA) is 103 Å². The van der Waals surface area contributed by atoms with E-state index in [9.17, 15) is 14.4 Å². The van der Waals surface area contributed by atoms with Gasteiger partial charge in [-0.2, -0.15) is 0 Å². The molecule has 1 saturated heterocycles. The van der Waals surface area contributed by atoms with Crippen molar-refractivity contribution in [2.24, 2.45) is 5.92 Å². The Labute approximate surface area is 191 Å². The smallest absolute Gasteiger partial charge is 0.262 e. The highest BCUT2D eigenvalue weighted by molar-refractivity contribution is 7.20. The number of hydrogen-bond acceptors (Lipinski definition) is 7. The summed E-state index contributed by atoms with van der Waals surface area (Å²) in [7, 11) is 0. The zero-order valence-corrected chi connectivity index (χ0v) is 20.0. The third kappa shape index (κ3) is 5.54. The highest BCUT2D eigenvalue weighted by Gasteiger charge is 2.24. The standard InChI is InChI=1S/C22H32N4O5S/c1-5-30-17(31-6-2)10-23-20(28)19-15(4)18-21(32-19)24-13-26(22(18)29)12-16(27)25-9-7-8-14(3)11-25/h13-14,17H,5-12H2,1-4H3,(H,23,28). The van der Waals surface area contributed by atoms with Crippen molar-refractivity contribution >= 4 is 33.4 Å². The van der Waals surface area contributed by atoms with E-state index in [0.29, 0.717) is 39.8 Å². The molecule has 1 fully saturated rings. The number of rotatable bonds is 9. The zero-order valence-electron chi connectivity index (χ0n) is 19.2. The van der Waals surface area contributed by atoms with Crippen LogP contribution in [0.3, 0.4) is 0 Å². The van der Waals surface area contributed by atoms with E-state index in [-0.39, 0.29) is 30.5 Å². The van der Waals surface area contributed by atoms with E-state index in [0.717, 1.165) is 25.9 Å². The number of nitrogens with one attached hydrogen (secondary N) is 1. The van der Waals surface area contributed by atoms with Crippen LogP contribution < -0.4 is 10.9 Å². The molecule has 32 heavy (non-hydrogen) atoms. The number of likely N-dealkylation sites (tertiary alicyclic amines) is 1. The van der Waals surface area contributed by atoms with Gasteiger partial charge in [-0.25, -0.2) is 4.98 Å². The second-order valence-electron chi connectivity index (χ2n) is 8.05. The van der Waals surface area contributed by atoms with Gasteiger partial charge in [0.25, 0.3) is 11.5 Å². The van der Waals surface area contributed by atoms with Gasteiger partial charge in [0.05, 0.1) is 23.1 Å². The van der Waals surface area contributed by atoms with E-state index in [2.05, 4.69) is 17.2 Å². The van der Waals surface area contributed by atoms with Crippen molar-refractivity contribution in [3.05, 3.63) is 27.1 Å². The molecule has 9 nitrogen and oxygen atoms in total. The first kappa shape index (κ1) is 24.3. The van der Waals surface area contributed by atoms with Crippen molar-refractivity contribution in [1.29, 1.82) is 0 Å². The Morgan fingerprint density at radius 2 is 2.03 bits per heavy atom. The van der Waals surface area contributed by atoms with Gasteiger partial charge in [0, 0.05) is 26.3 Å². The van der Waals surface area contributed by atoms with Gasteiger partial charge < -0.3 is 19.7 Å². The van der Waals surface area contributed by atoms with Crippen LogP contribution in [-0.2, 0) is 20.8 Å². The van der Waals surface area contributed by atoms with Gasteiger partial charge in [-0.05, 0) is 45.1 Å². The quantitative estimate of drug-likeness (QED) is 0.571. The first-order valence-electron chi connectivity index (χ1n) is 11.1. The van der Waals surface area contributed by atoms with Crippen molar-refractivity contribution in [2.75, 3.05) is 32.8 Å². The van der Waals surface area contributed by atoms with E-state index >= 15 is 0 Å². The van der Waals surface area contributed by atoms with Crippen LogP contribution in [0.2, 0.25) is 0 Å². The Morgan fingerprint density at radius 3 is 2.69 bits per heavy atom. The minimum absolute atomic E-state index is 0.0459. The number of hydrogen-bond donors (Lipinski definition) is 1. The third-order valence-electron chi connectivity index (χ3n) is 5.57. The fourth-order valence-electron chi connectivity index (χ4n) is 3.94. The molecule has 1 unspecified atom stereocenters.